The standard InChI is InChI=1S/C17H30N2O2/c1-5-7-11(3)10-19-15(13-8-9-13)16(20)18-14(17(19)21)12(4)6-2/h11-15H,5-10H2,1-4H3,(H,18,20). The van der Waals surface area contributed by atoms with Gasteiger partial charge in [0.05, 0.1) is 0 Å². The van der Waals surface area contributed by atoms with Crippen molar-refractivity contribution in [3.05, 3.63) is 0 Å². The molecule has 2 fully saturated rings. The number of nitrogens with one attached hydrogen (secondary N) is 1. The second kappa shape index (κ2) is 6.80. The highest BCUT2D eigenvalue weighted by molar-refractivity contribution is 5.97. The molecule has 2 rings (SSSR count). The predicted molar refractivity (Wildman–Crippen MR) is 83.7 cm³/mol. The second-order valence-corrected chi connectivity index (χ2v) is 7.04. The molecule has 0 bridgehead atoms. The molecule has 21 heavy (non-hydrogen) atoms. The van der Waals surface area contributed by atoms with E-state index in [-0.39, 0.29) is 29.8 Å². The summed E-state index contributed by atoms with van der Waals surface area (Å²) in [7, 11) is 0. The van der Waals surface area contributed by atoms with Gasteiger partial charge in [0.25, 0.3) is 0 Å². The topological polar surface area (TPSA) is 49.4 Å². The minimum atomic E-state index is -0.327. The highest BCUT2D eigenvalue weighted by Gasteiger charge is 2.48. The summed E-state index contributed by atoms with van der Waals surface area (Å²) in [5.41, 5.74) is 0. The number of hydrogen-bond acceptors (Lipinski definition) is 2. The van der Waals surface area contributed by atoms with Gasteiger partial charge in [0.2, 0.25) is 11.8 Å². The van der Waals surface area contributed by atoms with Crippen LogP contribution >= 0.6 is 0 Å². The first-order chi connectivity index (χ1) is 9.99. The zero-order chi connectivity index (χ0) is 15.6. The monoisotopic (exact) mass is 294 g/mol. The number of carbonyl (C=O) groups excluding carboxylic acids is 2. The summed E-state index contributed by atoms with van der Waals surface area (Å²) >= 11 is 0. The Balaban J connectivity index is 2.15. The Hall–Kier alpha value is -1.06. The number of nitrogens with zero attached hydrogens (tertiary/aromatic N) is 1. The summed E-state index contributed by atoms with van der Waals surface area (Å²) < 4.78 is 0. The fraction of sp³-hybridized carbons (Fsp3) is 0.882. The Morgan fingerprint density at radius 1 is 1.24 bits per heavy atom. The van der Waals surface area contributed by atoms with Crippen molar-refractivity contribution in [1.82, 2.24) is 10.2 Å². The van der Waals surface area contributed by atoms with Crippen LogP contribution < -0.4 is 5.32 Å². The van der Waals surface area contributed by atoms with Crippen LogP contribution in [0.5, 0.6) is 0 Å². The van der Waals surface area contributed by atoms with E-state index in [2.05, 4.69) is 26.1 Å². The summed E-state index contributed by atoms with van der Waals surface area (Å²) in [4.78, 5) is 27.3. The number of rotatable bonds is 7. The van der Waals surface area contributed by atoms with Crippen LogP contribution in [0, 0.1) is 17.8 Å². The smallest absolute Gasteiger partial charge is 0.246 e. The lowest BCUT2D eigenvalue weighted by Crippen LogP contribution is -2.66. The van der Waals surface area contributed by atoms with Crippen LogP contribution in [-0.2, 0) is 9.59 Å². The maximum Gasteiger partial charge on any atom is 0.246 e. The summed E-state index contributed by atoms with van der Waals surface area (Å²) in [6, 6.07) is -0.538. The Kier molecular flexibility index (Phi) is 5.28. The number of amides is 2. The van der Waals surface area contributed by atoms with Crippen molar-refractivity contribution in [2.45, 2.75) is 71.9 Å². The fourth-order valence-electron chi connectivity index (χ4n) is 3.38. The largest absolute Gasteiger partial charge is 0.342 e. The minimum Gasteiger partial charge on any atom is -0.342 e. The highest BCUT2D eigenvalue weighted by Crippen LogP contribution is 2.38. The molecular formula is C17H30N2O2. The molecule has 120 valence electrons. The van der Waals surface area contributed by atoms with Crippen molar-refractivity contribution in [1.29, 1.82) is 0 Å². The molecule has 4 nitrogen and oxygen atoms in total. The first-order valence-electron chi connectivity index (χ1n) is 8.60. The van der Waals surface area contributed by atoms with Crippen LogP contribution in [0.4, 0.5) is 0 Å². The van der Waals surface area contributed by atoms with E-state index in [0.717, 1.165) is 38.6 Å². The fourth-order valence-corrected chi connectivity index (χ4v) is 3.38. The van der Waals surface area contributed by atoms with Crippen LogP contribution in [0.1, 0.15) is 59.8 Å². The molecule has 1 heterocycles. The van der Waals surface area contributed by atoms with Crippen LogP contribution in [0.2, 0.25) is 0 Å². The third kappa shape index (κ3) is 3.58. The molecule has 0 aromatic heterocycles. The highest BCUT2D eigenvalue weighted by atomic mass is 16.2. The van der Waals surface area contributed by atoms with E-state index < -0.39 is 0 Å². The van der Waals surface area contributed by atoms with Crippen molar-refractivity contribution >= 4 is 11.8 Å². The van der Waals surface area contributed by atoms with Gasteiger partial charge in [0.1, 0.15) is 12.1 Å². The van der Waals surface area contributed by atoms with Crippen molar-refractivity contribution < 1.29 is 9.59 Å². The summed E-state index contributed by atoms with van der Waals surface area (Å²) in [5.74, 6) is 1.27. The van der Waals surface area contributed by atoms with E-state index in [9.17, 15) is 9.59 Å². The van der Waals surface area contributed by atoms with Crippen molar-refractivity contribution in [2.75, 3.05) is 6.54 Å². The molecule has 4 unspecified atom stereocenters. The number of piperazine rings is 1. The Labute approximate surface area is 128 Å². The lowest BCUT2D eigenvalue weighted by atomic mass is 9.92. The van der Waals surface area contributed by atoms with Crippen LogP contribution in [-0.4, -0.2) is 35.3 Å². The normalized spacial score (nSPS) is 29.2. The van der Waals surface area contributed by atoms with Gasteiger partial charge in [-0.15, -0.1) is 0 Å². The van der Waals surface area contributed by atoms with Crippen LogP contribution in [0.15, 0.2) is 0 Å². The predicted octanol–water partition coefficient (Wildman–Crippen LogP) is 2.57. The van der Waals surface area contributed by atoms with Gasteiger partial charge in [0.15, 0.2) is 0 Å². The molecular weight excluding hydrogens is 264 g/mol. The Morgan fingerprint density at radius 3 is 2.43 bits per heavy atom. The zero-order valence-corrected chi connectivity index (χ0v) is 13.9. The van der Waals surface area contributed by atoms with Gasteiger partial charge in [-0.25, -0.2) is 0 Å². The Morgan fingerprint density at radius 2 is 1.90 bits per heavy atom. The minimum absolute atomic E-state index is 0.0751. The van der Waals surface area contributed by atoms with Crippen molar-refractivity contribution in [2.24, 2.45) is 17.8 Å². The Bertz CT molecular complexity index is 392. The molecule has 4 atom stereocenters. The van der Waals surface area contributed by atoms with Crippen LogP contribution in [0.3, 0.4) is 0 Å². The molecule has 1 aliphatic carbocycles. The number of carbonyl (C=O) groups is 2. The van der Waals surface area contributed by atoms with Gasteiger partial charge in [-0.05, 0) is 37.0 Å². The first-order valence-corrected chi connectivity index (χ1v) is 8.60. The van der Waals surface area contributed by atoms with E-state index in [1.165, 1.54) is 0 Å². The molecule has 2 aliphatic rings. The third-order valence-corrected chi connectivity index (χ3v) is 5.02. The summed E-state index contributed by atoms with van der Waals surface area (Å²) in [6.45, 7) is 9.20. The van der Waals surface area contributed by atoms with Gasteiger partial charge in [-0.1, -0.05) is 40.5 Å². The van der Waals surface area contributed by atoms with Gasteiger partial charge in [-0.2, -0.15) is 0 Å². The lowest BCUT2D eigenvalue weighted by molar-refractivity contribution is -0.152. The SMILES string of the molecule is CCCC(C)CN1C(=O)C(C(C)CC)NC(=O)C1C1CC1. The molecule has 1 N–H and O–H groups in total. The lowest BCUT2D eigenvalue weighted by Gasteiger charge is -2.42. The van der Waals surface area contributed by atoms with Crippen LogP contribution in [0.25, 0.3) is 0 Å². The molecule has 1 saturated carbocycles. The average molecular weight is 294 g/mol. The first kappa shape index (κ1) is 16.3. The molecule has 1 saturated heterocycles. The maximum atomic E-state index is 12.9. The molecule has 2 amide bonds. The molecule has 4 heteroatoms. The molecule has 0 radical (unpaired) electrons. The van der Waals surface area contributed by atoms with Gasteiger partial charge < -0.3 is 10.2 Å². The van der Waals surface area contributed by atoms with Crippen molar-refractivity contribution in [3.63, 3.8) is 0 Å². The maximum absolute atomic E-state index is 12.9. The molecule has 0 aromatic carbocycles. The third-order valence-electron chi connectivity index (χ3n) is 5.02. The summed E-state index contributed by atoms with van der Waals surface area (Å²) in [5, 5.41) is 2.99. The molecule has 0 aromatic rings. The van der Waals surface area contributed by atoms with E-state index in [4.69, 9.17) is 0 Å². The zero-order valence-electron chi connectivity index (χ0n) is 13.9. The van der Waals surface area contributed by atoms with Gasteiger partial charge in [0, 0.05) is 6.54 Å². The second-order valence-electron chi connectivity index (χ2n) is 7.04. The van der Waals surface area contributed by atoms with Gasteiger partial charge >= 0.3 is 0 Å². The molecule has 1 aliphatic heterocycles. The van der Waals surface area contributed by atoms with E-state index >= 15 is 0 Å². The quantitative estimate of drug-likeness (QED) is 0.784. The number of hydrogen-bond donors (Lipinski definition) is 1. The molecule has 0 spiro atoms. The van der Waals surface area contributed by atoms with E-state index in [0.29, 0.717) is 11.8 Å². The van der Waals surface area contributed by atoms with Gasteiger partial charge in [-0.3, -0.25) is 9.59 Å². The van der Waals surface area contributed by atoms with E-state index in [1.54, 1.807) is 0 Å². The average Bonchev–Trinajstić information content (AvgIpc) is 3.26. The van der Waals surface area contributed by atoms with E-state index in [1.807, 2.05) is 11.8 Å². The summed E-state index contributed by atoms with van der Waals surface area (Å²) in [6.07, 6.45) is 5.30. The van der Waals surface area contributed by atoms with Crippen molar-refractivity contribution in [3.8, 4) is 0 Å².